The van der Waals surface area contributed by atoms with Crippen molar-refractivity contribution in [2.75, 3.05) is 17.2 Å². The normalized spacial score (nSPS) is 9.95. The minimum Gasteiger partial charge on any atom is -0.380 e. The Morgan fingerprint density at radius 2 is 2.05 bits per heavy atom. The predicted octanol–water partition coefficient (Wildman–Crippen LogP) is 2.07. The summed E-state index contributed by atoms with van der Waals surface area (Å²) in [6.45, 7) is 2.38. The Bertz CT molecular complexity index is 660. The monoisotopic (exact) mass is 287 g/mol. The van der Waals surface area contributed by atoms with Crippen LogP contribution in [-0.2, 0) is 0 Å². The van der Waals surface area contributed by atoms with E-state index in [-0.39, 0.29) is 11.3 Å². The smallest absolute Gasteiger partial charge is 0.293 e. The molecule has 1 aromatic carbocycles. The van der Waals surface area contributed by atoms with Gasteiger partial charge in [-0.1, -0.05) is 0 Å². The summed E-state index contributed by atoms with van der Waals surface area (Å²) in [5.74, 6) is -0.462. The standard InChI is InChI=1S/C13H13N5O3/c1-2-16-11-4-3-9(5-12(11)18(20)21)13(19)17-10-6-14-8-15-7-10/h3-8,16H,2H2,1H3,(H,17,19). The van der Waals surface area contributed by atoms with E-state index in [1.807, 2.05) is 6.92 Å². The fourth-order valence-electron chi connectivity index (χ4n) is 1.73. The number of amides is 1. The Morgan fingerprint density at radius 1 is 1.33 bits per heavy atom. The topological polar surface area (TPSA) is 110 Å². The molecule has 0 unspecified atom stereocenters. The number of benzene rings is 1. The van der Waals surface area contributed by atoms with Gasteiger partial charge in [0.05, 0.1) is 23.0 Å². The van der Waals surface area contributed by atoms with Crippen molar-refractivity contribution in [3.8, 4) is 0 Å². The van der Waals surface area contributed by atoms with E-state index >= 15 is 0 Å². The molecule has 8 nitrogen and oxygen atoms in total. The van der Waals surface area contributed by atoms with Crippen LogP contribution in [0.1, 0.15) is 17.3 Å². The number of hydrogen-bond donors (Lipinski definition) is 2. The molecule has 108 valence electrons. The van der Waals surface area contributed by atoms with Gasteiger partial charge in [0, 0.05) is 18.2 Å². The summed E-state index contributed by atoms with van der Waals surface area (Å²) in [5.41, 5.74) is 0.837. The second-order valence-corrected chi connectivity index (χ2v) is 4.10. The van der Waals surface area contributed by atoms with Crippen LogP contribution in [0.5, 0.6) is 0 Å². The number of nitrogens with one attached hydrogen (secondary N) is 2. The molecule has 0 fully saturated rings. The van der Waals surface area contributed by atoms with Crippen molar-refractivity contribution in [1.82, 2.24) is 9.97 Å². The van der Waals surface area contributed by atoms with Crippen molar-refractivity contribution in [2.24, 2.45) is 0 Å². The van der Waals surface area contributed by atoms with Crippen LogP contribution in [0.15, 0.2) is 36.9 Å². The molecule has 0 spiro atoms. The van der Waals surface area contributed by atoms with E-state index in [4.69, 9.17) is 0 Å². The molecular weight excluding hydrogens is 274 g/mol. The molecule has 1 aromatic heterocycles. The van der Waals surface area contributed by atoms with Gasteiger partial charge < -0.3 is 10.6 Å². The third-order valence-corrected chi connectivity index (χ3v) is 2.64. The lowest BCUT2D eigenvalue weighted by Gasteiger charge is -2.07. The first-order valence-corrected chi connectivity index (χ1v) is 6.20. The van der Waals surface area contributed by atoms with E-state index in [0.717, 1.165) is 0 Å². The van der Waals surface area contributed by atoms with Crippen LogP contribution in [0.3, 0.4) is 0 Å². The average Bonchev–Trinajstić information content (AvgIpc) is 2.48. The molecule has 0 aliphatic carbocycles. The van der Waals surface area contributed by atoms with E-state index in [0.29, 0.717) is 17.9 Å². The maximum atomic E-state index is 12.0. The van der Waals surface area contributed by atoms with Crippen molar-refractivity contribution < 1.29 is 9.72 Å². The van der Waals surface area contributed by atoms with Gasteiger partial charge in [-0.25, -0.2) is 9.97 Å². The van der Waals surface area contributed by atoms with E-state index in [2.05, 4.69) is 20.6 Å². The van der Waals surface area contributed by atoms with Crippen molar-refractivity contribution in [2.45, 2.75) is 6.92 Å². The number of hydrogen-bond acceptors (Lipinski definition) is 6. The number of carbonyl (C=O) groups is 1. The highest BCUT2D eigenvalue weighted by atomic mass is 16.6. The first kappa shape index (κ1) is 14.4. The Hall–Kier alpha value is -3.03. The largest absolute Gasteiger partial charge is 0.380 e. The zero-order valence-corrected chi connectivity index (χ0v) is 11.2. The van der Waals surface area contributed by atoms with E-state index < -0.39 is 10.8 Å². The van der Waals surface area contributed by atoms with Crippen LogP contribution >= 0.6 is 0 Å². The van der Waals surface area contributed by atoms with Gasteiger partial charge in [-0.15, -0.1) is 0 Å². The Labute approximate surface area is 120 Å². The number of rotatable bonds is 5. The fourth-order valence-corrected chi connectivity index (χ4v) is 1.73. The zero-order valence-electron chi connectivity index (χ0n) is 11.2. The summed E-state index contributed by atoms with van der Waals surface area (Å²) in [6.07, 6.45) is 4.21. The molecule has 2 N–H and O–H groups in total. The van der Waals surface area contributed by atoms with Gasteiger partial charge in [0.1, 0.15) is 12.0 Å². The molecule has 1 heterocycles. The third kappa shape index (κ3) is 3.50. The molecule has 0 saturated heterocycles. The number of nitro groups is 1. The summed E-state index contributed by atoms with van der Waals surface area (Å²) < 4.78 is 0. The van der Waals surface area contributed by atoms with Crippen molar-refractivity contribution >= 4 is 23.0 Å². The van der Waals surface area contributed by atoms with Gasteiger partial charge in [0.25, 0.3) is 11.6 Å². The molecule has 21 heavy (non-hydrogen) atoms. The first-order chi connectivity index (χ1) is 10.1. The minimum absolute atomic E-state index is 0.145. The molecule has 8 heteroatoms. The number of aromatic nitrogens is 2. The highest BCUT2D eigenvalue weighted by molar-refractivity contribution is 6.04. The lowest BCUT2D eigenvalue weighted by molar-refractivity contribution is -0.384. The fraction of sp³-hybridized carbons (Fsp3) is 0.154. The van der Waals surface area contributed by atoms with Gasteiger partial charge in [-0.3, -0.25) is 14.9 Å². The van der Waals surface area contributed by atoms with Gasteiger partial charge in [-0.2, -0.15) is 0 Å². The van der Waals surface area contributed by atoms with Crippen LogP contribution in [0, 0.1) is 10.1 Å². The Morgan fingerprint density at radius 3 is 2.67 bits per heavy atom. The summed E-state index contributed by atoms with van der Waals surface area (Å²) in [5, 5.41) is 16.5. The number of anilines is 2. The Kier molecular flexibility index (Phi) is 4.39. The highest BCUT2D eigenvalue weighted by Gasteiger charge is 2.17. The van der Waals surface area contributed by atoms with Crippen LogP contribution in [-0.4, -0.2) is 27.3 Å². The minimum atomic E-state index is -0.527. The number of nitrogens with zero attached hydrogens (tertiary/aromatic N) is 3. The first-order valence-electron chi connectivity index (χ1n) is 6.20. The summed E-state index contributed by atoms with van der Waals surface area (Å²) in [6, 6.07) is 4.26. The predicted molar refractivity (Wildman–Crippen MR) is 77.2 cm³/mol. The second-order valence-electron chi connectivity index (χ2n) is 4.10. The maximum Gasteiger partial charge on any atom is 0.293 e. The van der Waals surface area contributed by atoms with Gasteiger partial charge in [0.2, 0.25) is 0 Å². The van der Waals surface area contributed by atoms with E-state index in [9.17, 15) is 14.9 Å². The van der Waals surface area contributed by atoms with Crippen LogP contribution in [0.25, 0.3) is 0 Å². The number of nitro benzene ring substituents is 1. The SMILES string of the molecule is CCNc1ccc(C(=O)Nc2cncnc2)cc1[N+](=O)[O-]. The molecular formula is C13H13N5O3. The summed E-state index contributed by atoms with van der Waals surface area (Å²) in [7, 11) is 0. The molecule has 2 aromatic rings. The van der Waals surface area contributed by atoms with E-state index in [1.54, 1.807) is 0 Å². The van der Waals surface area contributed by atoms with Crippen molar-refractivity contribution in [3.05, 3.63) is 52.6 Å². The van der Waals surface area contributed by atoms with Gasteiger partial charge in [-0.05, 0) is 19.1 Å². The van der Waals surface area contributed by atoms with Crippen LogP contribution in [0.4, 0.5) is 17.1 Å². The van der Waals surface area contributed by atoms with Crippen LogP contribution < -0.4 is 10.6 Å². The van der Waals surface area contributed by atoms with Crippen molar-refractivity contribution in [1.29, 1.82) is 0 Å². The molecule has 0 bridgehead atoms. The lowest BCUT2D eigenvalue weighted by Crippen LogP contribution is -2.13. The molecule has 0 saturated carbocycles. The van der Waals surface area contributed by atoms with Crippen molar-refractivity contribution in [3.63, 3.8) is 0 Å². The molecule has 1 amide bonds. The molecule has 0 atom stereocenters. The summed E-state index contributed by atoms with van der Waals surface area (Å²) >= 11 is 0. The molecule has 0 aliphatic heterocycles. The van der Waals surface area contributed by atoms with Gasteiger partial charge in [0.15, 0.2) is 0 Å². The van der Waals surface area contributed by atoms with E-state index in [1.165, 1.54) is 36.9 Å². The molecule has 2 rings (SSSR count). The average molecular weight is 287 g/mol. The molecule has 0 radical (unpaired) electrons. The summed E-state index contributed by atoms with van der Waals surface area (Å²) in [4.78, 5) is 30.1. The third-order valence-electron chi connectivity index (χ3n) is 2.64. The Balaban J connectivity index is 2.25. The molecule has 0 aliphatic rings. The number of carbonyl (C=O) groups excluding carboxylic acids is 1. The lowest BCUT2D eigenvalue weighted by atomic mass is 10.1. The quantitative estimate of drug-likeness (QED) is 0.643. The second kappa shape index (κ2) is 6.42. The maximum absolute atomic E-state index is 12.0. The zero-order chi connectivity index (χ0) is 15.2. The van der Waals surface area contributed by atoms with Gasteiger partial charge >= 0.3 is 0 Å². The highest BCUT2D eigenvalue weighted by Crippen LogP contribution is 2.25. The van der Waals surface area contributed by atoms with Crippen LogP contribution in [0.2, 0.25) is 0 Å².